The molecule has 0 aliphatic heterocycles. The third-order valence-electron chi connectivity index (χ3n) is 1.61. The molecule has 0 fully saturated rings. The van der Waals surface area contributed by atoms with Gasteiger partial charge in [0.2, 0.25) is 0 Å². The minimum absolute atomic E-state index is 0.304. The first-order valence-electron chi connectivity index (χ1n) is 4.02. The Morgan fingerprint density at radius 3 is 2.92 bits per heavy atom. The van der Waals surface area contributed by atoms with Crippen LogP contribution in [0.4, 0.5) is 0 Å². The fourth-order valence-corrected chi connectivity index (χ4v) is 0.976. The summed E-state index contributed by atoms with van der Waals surface area (Å²) in [6.45, 7) is 0.857. The van der Waals surface area contributed by atoms with Crippen molar-refractivity contribution in [3.05, 3.63) is 35.8 Å². The molecule has 0 bridgehead atoms. The Labute approximate surface area is 77.1 Å². The van der Waals surface area contributed by atoms with Gasteiger partial charge in [0, 0.05) is 18.3 Å². The quantitative estimate of drug-likeness (QED) is 0.581. The van der Waals surface area contributed by atoms with E-state index in [0.717, 1.165) is 0 Å². The van der Waals surface area contributed by atoms with Crippen molar-refractivity contribution >= 4 is 5.71 Å². The van der Waals surface area contributed by atoms with Gasteiger partial charge in [-0.1, -0.05) is 12.2 Å². The molecule has 0 aromatic carbocycles. The highest BCUT2D eigenvalue weighted by molar-refractivity contribution is 6.11. The summed E-state index contributed by atoms with van der Waals surface area (Å²) in [4.78, 5) is 0. The van der Waals surface area contributed by atoms with Gasteiger partial charge in [0.15, 0.2) is 0 Å². The van der Waals surface area contributed by atoms with Crippen LogP contribution in [0.25, 0.3) is 0 Å². The van der Waals surface area contributed by atoms with Crippen LogP contribution in [0.15, 0.2) is 35.8 Å². The lowest BCUT2D eigenvalue weighted by atomic mass is 10.1. The van der Waals surface area contributed by atoms with Gasteiger partial charge in [-0.25, -0.2) is 0 Å². The Hall–Kier alpha value is -1.55. The van der Waals surface area contributed by atoms with Crippen LogP contribution >= 0.6 is 0 Å². The Bertz CT molecular complexity index is 289. The van der Waals surface area contributed by atoms with Gasteiger partial charge in [-0.15, -0.1) is 0 Å². The standard InChI is InChI=1S/C9H13N3O/c10-4-5-13-8-3-1-2-7(6-11)9(8)12/h1-3,6,12H,4-5,10-11H2/b7-6-,12-9?. The molecule has 0 radical (unpaired) electrons. The van der Waals surface area contributed by atoms with Crippen molar-refractivity contribution in [2.24, 2.45) is 11.5 Å². The van der Waals surface area contributed by atoms with Gasteiger partial charge in [-0.3, -0.25) is 5.41 Å². The van der Waals surface area contributed by atoms with Gasteiger partial charge >= 0.3 is 0 Å². The van der Waals surface area contributed by atoms with Crippen LogP contribution in [0.3, 0.4) is 0 Å². The molecule has 4 heteroatoms. The predicted octanol–water partition coefficient (Wildman–Crippen LogP) is 0.278. The van der Waals surface area contributed by atoms with Crippen molar-refractivity contribution in [3.8, 4) is 0 Å². The summed E-state index contributed by atoms with van der Waals surface area (Å²) < 4.78 is 5.24. The maximum atomic E-state index is 7.65. The van der Waals surface area contributed by atoms with Crippen molar-refractivity contribution in [2.45, 2.75) is 0 Å². The van der Waals surface area contributed by atoms with E-state index in [0.29, 0.717) is 30.2 Å². The van der Waals surface area contributed by atoms with E-state index in [1.807, 2.05) is 0 Å². The molecule has 1 aliphatic carbocycles. The van der Waals surface area contributed by atoms with Crippen molar-refractivity contribution in [2.75, 3.05) is 13.2 Å². The minimum atomic E-state index is 0.304. The maximum Gasteiger partial charge on any atom is 0.144 e. The van der Waals surface area contributed by atoms with Crippen LogP contribution in [-0.2, 0) is 4.74 Å². The molecular weight excluding hydrogens is 166 g/mol. The van der Waals surface area contributed by atoms with Crippen LogP contribution in [0.2, 0.25) is 0 Å². The summed E-state index contributed by atoms with van der Waals surface area (Å²) in [5, 5.41) is 7.65. The Morgan fingerprint density at radius 2 is 2.31 bits per heavy atom. The molecule has 4 nitrogen and oxygen atoms in total. The van der Waals surface area contributed by atoms with E-state index in [2.05, 4.69) is 0 Å². The van der Waals surface area contributed by atoms with Crippen molar-refractivity contribution in [3.63, 3.8) is 0 Å². The van der Waals surface area contributed by atoms with Crippen molar-refractivity contribution in [1.82, 2.24) is 0 Å². The number of allylic oxidation sites excluding steroid dienone is 4. The van der Waals surface area contributed by atoms with E-state index in [4.69, 9.17) is 21.6 Å². The molecule has 0 saturated heterocycles. The number of ether oxygens (including phenoxy) is 1. The molecule has 1 aliphatic rings. The van der Waals surface area contributed by atoms with E-state index >= 15 is 0 Å². The smallest absolute Gasteiger partial charge is 0.144 e. The molecule has 0 amide bonds. The zero-order chi connectivity index (χ0) is 9.68. The van der Waals surface area contributed by atoms with E-state index in [1.54, 1.807) is 18.2 Å². The fraction of sp³-hybridized carbons (Fsp3) is 0.222. The first-order chi connectivity index (χ1) is 6.29. The lowest BCUT2D eigenvalue weighted by molar-refractivity contribution is 0.240. The van der Waals surface area contributed by atoms with Gasteiger partial charge < -0.3 is 16.2 Å². The highest BCUT2D eigenvalue weighted by Crippen LogP contribution is 2.13. The highest BCUT2D eigenvalue weighted by Gasteiger charge is 2.11. The van der Waals surface area contributed by atoms with Gasteiger partial charge in [0.25, 0.3) is 0 Å². The second-order valence-corrected chi connectivity index (χ2v) is 2.52. The lowest BCUT2D eigenvalue weighted by Gasteiger charge is -2.13. The molecule has 1 rings (SSSR count). The Morgan fingerprint density at radius 1 is 1.54 bits per heavy atom. The normalized spacial score (nSPS) is 19.0. The van der Waals surface area contributed by atoms with E-state index in [1.165, 1.54) is 6.20 Å². The van der Waals surface area contributed by atoms with Crippen LogP contribution in [0, 0.1) is 5.41 Å². The van der Waals surface area contributed by atoms with Gasteiger partial charge in [-0.05, 0) is 6.08 Å². The highest BCUT2D eigenvalue weighted by atomic mass is 16.5. The second kappa shape index (κ2) is 4.47. The number of hydrogen-bond acceptors (Lipinski definition) is 4. The van der Waals surface area contributed by atoms with Crippen LogP contribution < -0.4 is 11.5 Å². The molecule has 0 heterocycles. The molecule has 0 unspecified atom stereocenters. The summed E-state index contributed by atoms with van der Waals surface area (Å²) in [5.41, 5.74) is 11.6. The van der Waals surface area contributed by atoms with Gasteiger partial charge in [-0.2, -0.15) is 0 Å². The van der Waals surface area contributed by atoms with Gasteiger partial charge in [0.05, 0.1) is 0 Å². The van der Waals surface area contributed by atoms with Crippen LogP contribution in [0.1, 0.15) is 0 Å². The van der Waals surface area contributed by atoms with Gasteiger partial charge in [0.1, 0.15) is 18.1 Å². The molecular formula is C9H13N3O. The number of hydrogen-bond donors (Lipinski definition) is 3. The zero-order valence-corrected chi connectivity index (χ0v) is 7.29. The second-order valence-electron chi connectivity index (χ2n) is 2.52. The fourth-order valence-electron chi connectivity index (χ4n) is 0.976. The summed E-state index contributed by atoms with van der Waals surface area (Å²) in [5.74, 6) is 0.518. The Balaban J connectivity index is 2.70. The number of nitrogens with one attached hydrogen (secondary N) is 1. The summed E-state index contributed by atoms with van der Waals surface area (Å²) in [6.07, 6.45) is 6.67. The molecule has 0 aromatic heterocycles. The third kappa shape index (κ3) is 2.19. The largest absolute Gasteiger partial charge is 0.490 e. The topological polar surface area (TPSA) is 85.1 Å². The van der Waals surface area contributed by atoms with Crippen LogP contribution in [0.5, 0.6) is 0 Å². The molecule has 0 spiro atoms. The first-order valence-corrected chi connectivity index (χ1v) is 4.02. The average molecular weight is 179 g/mol. The van der Waals surface area contributed by atoms with E-state index in [-0.39, 0.29) is 0 Å². The first kappa shape index (κ1) is 9.54. The van der Waals surface area contributed by atoms with Crippen molar-refractivity contribution < 1.29 is 4.74 Å². The summed E-state index contributed by atoms with van der Waals surface area (Å²) in [6, 6.07) is 0. The molecule has 70 valence electrons. The van der Waals surface area contributed by atoms with Crippen molar-refractivity contribution in [1.29, 1.82) is 5.41 Å². The monoisotopic (exact) mass is 179 g/mol. The minimum Gasteiger partial charge on any atom is -0.490 e. The molecule has 13 heavy (non-hydrogen) atoms. The molecule has 5 N–H and O–H groups in total. The molecule has 0 aromatic rings. The van der Waals surface area contributed by atoms with E-state index < -0.39 is 0 Å². The summed E-state index contributed by atoms with van der Waals surface area (Å²) in [7, 11) is 0. The molecule has 0 saturated carbocycles. The zero-order valence-electron chi connectivity index (χ0n) is 7.29. The number of rotatable bonds is 3. The lowest BCUT2D eigenvalue weighted by Crippen LogP contribution is -2.15. The average Bonchev–Trinajstić information content (AvgIpc) is 2.16. The third-order valence-corrected chi connectivity index (χ3v) is 1.61. The van der Waals surface area contributed by atoms with E-state index in [9.17, 15) is 0 Å². The summed E-state index contributed by atoms with van der Waals surface area (Å²) >= 11 is 0. The SMILES string of the molecule is N=C1C(OCCN)=CC=C/C1=C/N. The maximum absolute atomic E-state index is 7.65. The number of nitrogens with two attached hydrogens (primary N) is 2. The molecule has 0 atom stereocenters. The predicted molar refractivity (Wildman–Crippen MR) is 52.2 cm³/mol. The Kier molecular flexibility index (Phi) is 3.28. The van der Waals surface area contributed by atoms with Crippen LogP contribution in [-0.4, -0.2) is 18.9 Å².